The first-order valence-corrected chi connectivity index (χ1v) is 13.5. The molecule has 4 heterocycles. The average molecular weight is 521 g/mol. The van der Waals surface area contributed by atoms with Gasteiger partial charge >= 0.3 is 6.03 Å². The highest BCUT2D eigenvalue weighted by atomic mass is 19.3. The summed E-state index contributed by atoms with van der Waals surface area (Å²) in [7, 11) is 3.45. The number of fused-ring (bicyclic) bond motifs is 2. The Morgan fingerprint density at radius 2 is 1.92 bits per heavy atom. The van der Waals surface area contributed by atoms with Crippen LogP contribution in [0.5, 0.6) is 0 Å². The molecule has 2 aromatic carbocycles. The van der Waals surface area contributed by atoms with Crippen molar-refractivity contribution >= 4 is 17.4 Å². The highest BCUT2D eigenvalue weighted by Crippen LogP contribution is 2.45. The number of anilines is 2. The molecule has 0 aliphatic carbocycles. The minimum absolute atomic E-state index is 0.0294. The van der Waals surface area contributed by atoms with Crippen LogP contribution < -0.4 is 15.5 Å². The van der Waals surface area contributed by atoms with E-state index in [1.54, 1.807) is 37.2 Å². The third-order valence-electron chi connectivity index (χ3n) is 8.27. The standard InChI is InChI=1S/C29H34F2N6O/c1-32-29(38)36-16-21-10-20(18-5-7-33-8-6-18)12-27(25(21)17-36)37-9-3-4-19-11-23(22-14-34-35(2)15-22)24(28(30)31)13-26(19)37/h10-15,18,28,33H,3-9,16-17H2,1-2H3,(H,32,38). The minimum atomic E-state index is -2.60. The maximum atomic E-state index is 14.4. The number of urea groups is 1. The number of alkyl halides is 2. The largest absolute Gasteiger partial charge is 0.341 e. The number of rotatable bonds is 4. The maximum Gasteiger partial charge on any atom is 0.317 e. The van der Waals surface area contributed by atoms with Gasteiger partial charge in [-0.3, -0.25) is 4.68 Å². The predicted molar refractivity (Wildman–Crippen MR) is 144 cm³/mol. The number of carbonyl (C=O) groups excluding carboxylic acids is 1. The molecule has 3 aromatic rings. The van der Waals surface area contributed by atoms with E-state index >= 15 is 0 Å². The molecule has 38 heavy (non-hydrogen) atoms. The van der Waals surface area contributed by atoms with Crippen LogP contribution in [0.4, 0.5) is 25.0 Å². The van der Waals surface area contributed by atoms with Crippen molar-refractivity contribution in [3.63, 3.8) is 0 Å². The molecule has 0 bridgehead atoms. The predicted octanol–water partition coefficient (Wildman–Crippen LogP) is 5.23. The van der Waals surface area contributed by atoms with E-state index in [1.165, 1.54) is 5.56 Å². The van der Waals surface area contributed by atoms with E-state index in [0.717, 1.165) is 73.4 Å². The van der Waals surface area contributed by atoms with Crippen molar-refractivity contribution < 1.29 is 13.6 Å². The number of halogens is 2. The lowest BCUT2D eigenvalue weighted by Crippen LogP contribution is -2.34. The van der Waals surface area contributed by atoms with Gasteiger partial charge in [-0.2, -0.15) is 5.10 Å². The minimum Gasteiger partial charge on any atom is -0.341 e. The molecule has 200 valence electrons. The van der Waals surface area contributed by atoms with E-state index in [-0.39, 0.29) is 11.6 Å². The highest BCUT2D eigenvalue weighted by molar-refractivity contribution is 5.80. The summed E-state index contributed by atoms with van der Waals surface area (Å²) in [6.45, 7) is 3.80. The van der Waals surface area contributed by atoms with Crippen molar-refractivity contribution in [2.75, 3.05) is 31.6 Å². The lowest BCUT2D eigenvalue weighted by molar-refractivity contribution is 0.152. The molecule has 3 aliphatic rings. The third-order valence-corrected chi connectivity index (χ3v) is 8.27. The number of carbonyl (C=O) groups is 1. The van der Waals surface area contributed by atoms with Crippen LogP contribution in [0.15, 0.2) is 36.7 Å². The number of hydrogen-bond acceptors (Lipinski definition) is 4. The fourth-order valence-electron chi connectivity index (χ4n) is 6.34. The average Bonchev–Trinajstić information content (AvgIpc) is 3.57. The third kappa shape index (κ3) is 4.42. The second kappa shape index (κ2) is 10.0. The highest BCUT2D eigenvalue weighted by Gasteiger charge is 2.32. The Kier molecular flexibility index (Phi) is 6.55. The number of amides is 2. The van der Waals surface area contributed by atoms with Crippen LogP contribution in [-0.2, 0) is 26.6 Å². The van der Waals surface area contributed by atoms with Gasteiger partial charge in [0, 0.05) is 61.4 Å². The molecule has 1 saturated heterocycles. The van der Waals surface area contributed by atoms with Gasteiger partial charge in [0.05, 0.1) is 12.7 Å². The molecule has 0 radical (unpaired) electrons. The van der Waals surface area contributed by atoms with E-state index in [2.05, 4.69) is 32.8 Å². The van der Waals surface area contributed by atoms with Gasteiger partial charge in [-0.25, -0.2) is 13.6 Å². The summed E-state index contributed by atoms with van der Waals surface area (Å²) in [5.41, 5.74) is 7.82. The molecule has 1 fully saturated rings. The first-order chi connectivity index (χ1) is 18.4. The summed E-state index contributed by atoms with van der Waals surface area (Å²) in [6, 6.07) is 8.08. The molecule has 3 aliphatic heterocycles. The zero-order valence-corrected chi connectivity index (χ0v) is 21.9. The molecule has 0 atom stereocenters. The molecular formula is C29H34F2N6O. The Hall–Kier alpha value is -3.46. The number of hydrogen-bond donors (Lipinski definition) is 2. The smallest absolute Gasteiger partial charge is 0.317 e. The van der Waals surface area contributed by atoms with Crippen LogP contribution in [0.2, 0.25) is 0 Å². The fourth-order valence-corrected chi connectivity index (χ4v) is 6.34. The van der Waals surface area contributed by atoms with E-state index in [0.29, 0.717) is 30.1 Å². The number of nitrogens with zero attached hydrogens (tertiary/aromatic N) is 4. The van der Waals surface area contributed by atoms with Gasteiger partial charge in [0.15, 0.2) is 0 Å². The van der Waals surface area contributed by atoms with Crippen LogP contribution in [0.25, 0.3) is 11.1 Å². The van der Waals surface area contributed by atoms with Crippen LogP contribution in [0.3, 0.4) is 0 Å². The van der Waals surface area contributed by atoms with Crippen molar-refractivity contribution in [2.24, 2.45) is 7.05 Å². The summed E-state index contributed by atoms with van der Waals surface area (Å²) >= 11 is 0. The zero-order valence-electron chi connectivity index (χ0n) is 21.9. The topological polar surface area (TPSA) is 65.4 Å². The molecular weight excluding hydrogens is 486 g/mol. The summed E-state index contributed by atoms with van der Waals surface area (Å²) in [5.74, 6) is 0.447. The van der Waals surface area contributed by atoms with Crippen LogP contribution in [0, 0.1) is 0 Å². The molecule has 2 amide bonds. The molecule has 7 nitrogen and oxygen atoms in total. The van der Waals surface area contributed by atoms with Crippen molar-refractivity contribution in [3.05, 3.63) is 64.5 Å². The van der Waals surface area contributed by atoms with Gasteiger partial charge in [-0.1, -0.05) is 6.07 Å². The first kappa shape index (κ1) is 24.9. The van der Waals surface area contributed by atoms with Gasteiger partial charge < -0.3 is 20.4 Å². The molecule has 0 saturated carbocycles. The Bertz CT molecular complexity index is 1360. The fraction of sp³-hybridized carbons (Fsp3) is 0.448. The van der Waals surface area contributed by atoms with E-state index in [9.17, 15) is 13.6 Å². The molecule has 1 aromatic heterocycles. The number of benzene rings is 2. The Morgan fingerprint density at radius 1 is 1.11 bits per heavy atom. The lowest BCUT2D eigenvalue weighted by Gasteiger charge is -2.35. The van der Waals surface area contributed by atoms with Gasteiger partial charge in [-0.15, -0.1) is 0 Å². The Labute approximate surface area is 221 Å². The van der Waals surface area contributed by atoms with Gasteiger partial charge in [0.2, 0.25) is 0 Å². The van der Waals surface area contributed by atoms with Crippen LogP contribution >= 0.6 is 0 Å². The SMILES string of the molecule is CNC(=O)N1Cc2cc(C3CCNCC3)cc(N3CCCc4cc(-c5cnn(C)c5)c(C(F)F)cc43)c2C1. The number of nitrogens with one attached hydrogen (secondary N) is 2. The normalized spacial score (nSPS) is 17.6. The van der Waals surface area contributed by atoms with Crippen molar-refractivity contribution in [1.82, 2.24) is 25.3 Å². The van der Waals surface area contributed by atoms with Gasteiger partial charge in [0.25, 0.3) is 6.43 Å². The first-order valence-electron chi connectivity index (χ1n) is 13.5. The van der Waals surface area contributed by atoms with E-state index < -0.39 is 6.43 Å². The maximum absolute atomic E-state index is 14.4. The molecule has 0 spiro atoms. The monoisotopic (exact) mass is 520 g/mol. The molecule has 9 heteroatoms. The molecule has 2 N–H and O–H groups in total. The summed E-state index contributed by atoms with van der Waals surface area (Å²) in [5, 5.41) is 10.4. The number of piperidine rings is 1. The second-order valence-electron chi connectivity index (χ2n) is 10.6. The van der Waals surface area contributed by atoms with Gasteiger partial charge in [-0.05, 0) is 85.1 Å². The lowest BCUT2D eigenvalue weighted by atomic mass is 9.87. The van der Waals surface area contributed by atoms with Crippen LogP contribution in [0.1, 0.15) is 59.4 Å². The summed E-state index contributed by atoms with van der Waals surface area (Å²) in [6.07, 6.45) is 4.74. The number of aryl methyl sites for hydroxylation is 2. The summed E-state index contributed by atoms with van der Waals surface area (Å²) in [4.78, 5) is 16.6. The van der Waals surface area contributed by atoms with Crippen molar-refractivity contribution in [2.45, 2.75) is 51.1 Å². The van der Waals surface area contributed by atoms with E-state index in [4.69, 9.17) is 0 Å². The van der Waals surface area contributed by atoms with E-state index in [1.807, 2.05) is 11.0 Å². The zero-order chi connectivity index (χ0) is 26.4. The second-order valence-corrected chi connectivity index (χ2v) is 10.6. The van der Waals surface area contributed by atoms with Crippen molar-refractivity contribution in [1.29, 1.82) is 0 Å². The quantitative estimate of drug-likeness (QED) is 0.495. The molecule has 6 rings (SSSR count). The Balaban J connectivity index is 1.47. The Morgan fingerprint density at radius 3 is 2.63 bits per heavy atom. The summed E-state index contributed by atoms with van der Waals surface area (Å²) < 4.78 is 30.5. The van der Waals surface area contributed by atoms with Crippen LogP contribution in [-0.4, -0.2) is 47.4 Å². The van der Waals surface area contributed by atoms with Crippen molar-refractivity contribution in [3.8, 4) is 11.1 Å². The van der Waals surface area contributed by atoms with Gasteiger partial charge in [0.1, 0.15) is 0 Å². The number of aromatic nitrogens is 2. The molecule has 0 unspecified atom stereocenters.